The SMILES string of the molecule is CN(C)C(=O)CN1CCN(C)C2(CCN(C(=O)C3(F)CC3)CC2)C1=O. The average molecular weight is 354 g/mol. The Balaban J connectivity index is 1.68. The fraction of sp³-hybridized carbons (Fsp3) is 0.824. The zero-order valence-electron chi connectivity index (χ0n) is 15.3. The Bertz CT molecular complexity index is 582. The lowest BCUT2D eigenvalue weighted by Crippen LogP contribution is -2.68. The number of rotatable bonds is 3. The Morgan fingerprint density at radius 2 is 1.68 bits per heavy atom. The van der Waals surface area contributed by atoms with E-state index in [0.29, 0.717) is 51.9 Å². The Labute approximate surface area is 147 Å². The summed E-state index contributed by atoms with van der Waals surface area (Å²) in [5.41, 5.74) is -2.34. The highest BCUT2D eigenvalue weighted by molar-refractivity contribution is 5.92. The van der Waals surface area contributed by atoms with E-state index in [4.69, 9.17) is 0 Å². The molecule has 0 aromatic rings. The number of amides is 3. The minimum atomic E-state index is -1.66. The number of hydrogen-bond donors (Lipinski definition) is 0. The maximum absolute atomic E-state index is 14.0. The zero-order valence-corrected chi connectivity index (χ0v) is 15.3. The Kier molecular flexibility index (Phi) is 4.51. The van der Waals surface area contributed by atoms with E-state index in [1.165, 1.54) is 4.90 Å². The van der Waals surface area contributed by atoms with Gasteiger partial charge in [-0.05, 0) is 32.7 Å². The summed E-state index contributed by atoms with van der Waals surface area (Å²) < 4.78 is 14.0. The molecular formula is C17H27FN4O3. The van der Waals surface area contributed by atoms with Gasteiger partial charge in [0.1, 0.15) is 5.54 Å². The first-order valence-corrected chi connectivity index (χ1v) is 8.89. The van der Waals surface area contributed by atoms with E-state index in [9.17, 15) is 18.8 Å². The summed E-state index contributed by atoms with van der Waals surface area (Å²) in [5.74, 6) is -0.577. The first kappa shape index (κ1) is 18.1. The van der Waals surface area contributed by atoms with Crippen molar-refractivity contribution in [1.29, 1.82) is 0 Å². The lowest BCUT2D eigenvalue weighted by atomic mass is 9.82. The summed E-state index contributed by atoms with van der Waals surface area (Å²) in [6.07, 6.45) is 1.59. The quantitative estimate of drug-likeness (QED) is 0.699. The number of nitrogens with zero attached hydrogens (tertiary/aromatic N) is 4. The normalized spacial score (nSPS) is 25.2. The number of alkyl halides is 1. The molecule has 140 valence electrons. The van der Waals surface area contributed by atoms with Crippen molar-refractivity contribution < 1.29 is 18.8 Å². The van der Waals surface area contributed by atoms with Gasteiger partial charge in [-0.15, -0.1) is 0 Å². The largest absolute Gasteiger partial charge is 0.347 e. The van der Waals surface area contributed by atoms with Crippen molar-refractivity contribution in [2.45, 2.75) is 36.9 Å². The van der Waals surface area contributed by atoms with Gasteiger partial charge in [0, 0.05) is 40.3 Å². The predicted molar refractivity (Wildman–Crippen MR) is 89.5 cm³/mol. The highest BCUT2D eigenvalue weighted by Crippen LogP contribution is 2.43. The highest BCUT2D eigenvalue weighted by Gasteiger charge is 2.55. The molecule has 0 atom stereocenters. The van der Waals surface area contributed by atoms with Crippen molar-refractivity contribution in [3.05, 3.63) is 0 Å². The van der Waals surface area contributed by atoms with Gasteiger partial charge in [0.05, 0.1) is 6.54 Å². The van der Waals surface area contributed by atoms with Gasteiger partial charge in [-0.25, -0.2) is 4.39 Å². The summed E-state index contributed by atoms with van der Waals surface area (Å²) in [5, 5.41) is 0. The molecule has 0 aromatic carbocycles. The van der Waals surface area contributed by atoms with Crippen LogP contribution in [0.5, 0.6) is 0 Å². The molecule has 3 rings (SSSR count). The van der Waals surface area contributed by atoms with Gasteiger partial charge >= 0.3 is 0 Å². The van der Waals surface area contributed by atoms with Crippen LogP contribution in [0.3, 0.4) is 0 Å². The monoisotopic (exact) mass is 354 g/mol. The average Bonchev–Trinajstić information content (AvgIpc) is 3.34. The minimum Gasteiger partial charge on any atom is -0.347 e. The number of carbonyl (C=O) groups is 3. The van der Waals surface area contributed by atoms with Crippen molar-refractivity contribution in [3.63, 3.8) is 0 Å². The van der Waals surface area contributed by atoms with Gasteiger partial charge in [-0.1, -0.05) is 0 Å². The van der Waals surface area contributed by atoms with Crippen LogP contribution in [-0.4, -0.2) is 102 Å². The number of hydrogen-bond acceptors (Lipinski definition) is 4. The lowest BCUT2D eigenvalue weighted by Gasteiger charge is -2.51. The van der Waals surface area contributed by atoms with Crippen molar-refractivity contribution in [1.82, 2.24) is 19.6 Å². The third-order valence-electron chi connectivity index (χ3n) is 5.90. The molecule has 0 aromatic heterocycles. The second-order valence-corrected chi connectivity index (χ2v) is 7.73. The number of carbonyl (C=O) groups excluding carboxylic acids is 3. The summed E-state index contributed by atoms with van der Waals surface area (Å²) in [4.78, 5) is 44.0. The van der Waals surface area contributed by atoms with Crippen molar-refractivity contribution >= 4 is 17.7 Å². The van der Waals surface area contributed by atoms with Crippen molar-refractivity contribution in [2.24, 2.45) is 0 Å². The molecule has 3 fully saturated rings. The van der Waals surface area contributed by atoms with E-state index >= 15 is 0 Å². The highest BCUT2D eigenvalue weighted by atomic mass is 19.1. The van der Waals surface area contributed by atoms with Crippen LogP contribution in [0.25, 0.3) is 0 Å². The molecule has 2 heterocycles. The molecule has 3 aliphatic rings. The molecule has 8 heteroatoms. The first-order valence-electron chi connectivity index (χ1n) is 8.89. The number of likely N-dealkylation sites (tertiary alicyclic amines) is 1. The van der Waals surface area contributed by atoms with Gasteiger partial charge in [0.2, 0.25) is 11.8 Å². The van der Waals surface area contributed by atoms with Crippen LogP contribution in [0.4, 0.5) is 4.39 Å². The molecular weight excluding hydrogens is 327 g/mol. The number of piperazine rings is 1. The molecule has 0 radical (unpaired) electrons. The first-order chi connectivity index (χ1) is 11.7. The summed E-state index contributed by atoms with van der Waals surface area (Å²) >= 11 is 0. The molecule has 1 spiro atoms. The smallest absolute Gasteiger partial charge is 0.260 e. The second-order valence-electron chi connectivity index (χ2n) is 7.73. The minimum absolute atomic E-state index is 0.0510. The topological polar surface area (TPSA) is 64.2 Å². The Hall–Kier alpha value is -1.70. The van der Waals surface area contributed by atoms with Gasteiger partial charge in [0.15, 0.2) is 5.67 Å². The second kappa shape index (κ2) is 6.23. The fourth-order valence-electron chi connectivity index (χ4n) is 3.78. The molecule has 2 saturated heterocycles. The summed E-state index contributed by atoms with van der Waals surface area (Å²) in [6, 6.07) is 0. The van der Waals surface area contributed by atoms with Crippen molar-refractivity contribution in [2.75, 3.05) is 53.9 Å². The van der Waals surface area contributed by atoms with Crippen LogP contribution in [-0.2, 0) is 14.4 Å². The maximum Gasteiger partial charge on any atom is 0.260 e. The standard InChI is InChI=1S/C17H27FN4O3/c1-19(2)13(23)12-22-11-10-20(3)17(15(22)25)6-8-21(9-7-17)14(24)16(18)4-5-16/h4-12H2,1-3H3. The number of likely N-dealkylation sites (N-methyl/N-ethyl adjacent to an activating group) is 2. The third-order valence-corrected chi connectivity index (χ3v) is 5.90. The lowest BCUT2D eigenvalue weighted by molar-refractivity contribution is -0.160. The van der Waals surface area contributed by atoms with E-state index in [-0.39, 0.29) is 18.4 Å². The molecule has 3 amide bonds. The van der Waals surface area contributed by atoms with E-state index < -0.39 is 17.1 Å². The fourth-order valence-corrected chi connectivity index (χ4v) is 3.78. The van der Waals surface area contributed by atoms with E-state index in [0.717, 1.165) is 0 Å². The van der Waals surface area contributed by atoms with Gasteiger partial charge in [-0.3, -0.25) is 19.3 Å². The van der Waals surface area contributed by atoms with Gasteiger partial charge in [-0.2, -0.15) is 0 Å². The van der Waals surface area contributed by atoms with Crippen molar-refractivity contribution in [3.8, 4) is 0 Å². The molecule has 7 nitrogen and oxygen atoms in total. The summed E-state index contributed by atoms with van der Waals surface area (Å²) in [6.45, 7) is 2.06. The van der Waals surface area contributed by atoms with Crippen LogP contribution >= 0.6 is 0 Å². The van der Waals surface area contributed by atoms with Crippen LogP contribution in [0, 0.1) is 0 Å². The van der Waals surface area contributed by atoms with E-state index in [1.54, 1.807) is 23.9 Å². The molecule has 0 N–H and O–H groups in total. The molecule has 1 aliphatic carbocycles. The van der Waals surface area contributed by atoms with Crippen LogP contribution < -0.4 is 0 Å². The van der Waals surface area contributed by atoms with Gasteiger partial charge < -0.3 is 14.7 Å². The molecule has 0 bridgehead atoms. The van der Waals surface area contributed by atoms with Gasteiger partial charge in [0.25, 0.3) is 5.91 Å². The van der Waals surface area contributed by atoms with Crippen LogP contribution in [0.2, 0.25) is 0 Å². The summed E-state index contributed by atoms with van der Waals surface area (Å²) in [7, 11) is 5.26. The van der Waals surface area contributed by atoms with E-state index in [1.807, 2.05) is 11.9 Å². The van der Waals surface area contributed by atoms with Crippen LogP contribution in [0.15, 0.2) is 0 Å². The van der Waals surface area contributed by atoms with E-state index in [2.05, 4.69) is 0 Å². The molecule has 0 unspecified atom stereocenters. The van der Waals surface area contributed by atoms with Crippen LogP contribution in [0.1, 0.15) is 25.7 Å². The Morgan fingerprint density at radius 3 is 2.20 bits per heavy atom. The molecule has 1 saturated carbocycles. The number of halogens is 1. The predicted octanol–water partition coefficient (Wildman–Crippen LogP) is -0.288. The molecule has 2 aliphatic heterocycles. The number of piperidine rings is 1. The molecule has 25 heavy (non-hydrogen) atoms. The zero-order chi connectivity index (χ0) is 18.4. The maximum atomic E-state index is 14.0. The Morgan fingerprint density at radius 1 is 1.08 bits per heavy atom. The third kappa shape index (κ3) is 3.12.